The van der Waals surface area contributed by atoms with Crippen molar-refractivity contribution in [2.45, 2.75) is 19.0 Å². The molecule has 0 saturated carbocycles. The molecule has 0 bridgehead atoms. The zero-order valence-electron chi connectivity index (χ0n) is 11.3. The van der Waals surface area contributed by atoms with E-state index >= 15 is 0 Å². The van der Waals surface area contributed by atoms with E-state index in [1.165, 1.54) is 17.7 Å². The smallest absolute Gasteiger partial charge is 0.181 e. The Labute approximate surface area is 117 Å². The number of halogens is 1. The van der Waals surface area contributed by atoms with Crippen LogP contribution in [0.2, 0.25) is 0 Å². The van der Waals surface area contributed by atoms with Gasteiger partial charge in [-0.25, -0.2) is 4.39 Å². The van der Waals surface area contributed by atoms with Crippen molar-refractivity contribution in [1.82, 2.24) is 4.90 Å². The summed E-state index contributed by atoms with van der Waals surface area (Å²) < 4.78 is 12.9. The fraction of sp³-hybridized carbons (Fsp3) is 0.235. The van der Waals surface area contributed by atoms with Gasteiger partial charge in [-0.05, 0) is 36.8 Å². The Hall–Kier alpha value is -2.00. The molecule has 0 radical (unpaired) electrons. The predicted molar refractivity (Wildman–Crippen MR) is 76.1 cm³/mol. The molecule has 1 heterocycles. The van der Waals surface area contributed by atoms with Crippen molar-refractivity contribution in [2.24, 2.45) is 0 Å². The Kier molecular flexibility index (Phi) is 3.36. The Bertz CT molecular complexity index is 609. The first kappa shape index (κ1) is 13.0. The van der Waals surface area contributed by atoms with Crippen LogP contribution in [-0.4, -0.2) is 23.3 Å². The average molecular weight is 269 g/mol. The molecule has 3 atom stereocenters. The molecule has 0 amide bonds. The third-order valence-electron chi connectivity index (χ3n) is 3.86. The van der Waals surface area contributed by atoms with Crippen molar-refractivity contribution in [3.63, 3.8) is 0 Å². The van der Waals surface area contributed by atoms with Crippen LogP contribution in [0.1, 0.15) is 28.9 Å². The number of ketones is 1. The topological polar surface area (TPSA) is 20.1 Å². The fourth-order valence-corrected chi connectivity index (χ4v) is 2.54. The highest BCUT2D eigenvalue weighted by Gasteiger charge is 2.43. The van der Waals surface area contributed by atoms with Gasteiger partial charge in [0.25, 0.3) is 0 Å². The van der Waals surface area contributed by atoms with E-state index in [0.717, 1.165) is 6.54 Å². The molecule has 1 aliphatic rings. The fourth-order valence-electron chi connectivity index (χ4n) is 2.54. The Morgan fingerprint density at radius 1 is 1.15 bits per heavy atom. The van der Waals surface area contributed by atoms with Crippen LogP contribution in [-0.2, 0) is 0 Å². The van der Waals surface area contributed by atoms with Gasteiger partial charge in [-0.2, -0.15) is 0 Å². The van der Waals surface area contributed by atoms with Gasteiger partial charge in [-0.1, -0.05) is 30.3 Å². The number of nitrogens with zero attached hydrogens (tertiary/aromatic N) is 1. The van der Waals surface area contributed by atoms with E-state index in [9.17, 15) is 9.18 Å². The van der Waals surface area contributed by atoms with Crippen molar-refractivity contribution in [3.05, 3.63) is 71.5 Å². The molecule has 0 N–H and O–H groups in total. The SMILES string of the molecule is C[C@H](c1ccccc1)N1C[C@H]1C(=O)c1ccc(F)cc1. The normalized spacial score (nSPS) is 22.3. The number of hydrogen-bond donors (Lipinski definition) is 0. The van der Waals surface area contributed by atoms with Gasteiger partial charge in [0.05, 0.1) is 6.04 Å². The van der Waals surface area contributed by atoms with E-state index in [1.807, 2.05) is 18.2 Å². The molecule has 0 spiro atoms. The van der Waals surface area contributed by atoms with Gasteiger partial charge >= 0.3 is 0 Å². The quantitative estimate of drug-likeness (QED) is 0.626. The monoisotopic (exact) mass is 269 g/mol. The number of rotatable bonds is 4. The molecule has 2 aromatic carbocycles. The lowest BCUT2D eigenvalue weighted by Gasteiger charge is -2.14. The molecule has 0 aromatic heterocycles. The van der Waals surface area contributed by atoms with Crippen LogP contribution in [0.25, 0.3) is 0 Å². The van der Waals surface area contributed by atoms with E-state index in [-0.39, 0.29) is 23.7 Å². The molecule has 1 unspecified atom stereocenters. The number of carbonyl (C=O) groups excluding carboxylic acids is 1. The van der Waals surface area contributed by atoms with Crippen LogP contribution in [0, 0.1) is 5.82 Å². The van der Waals surface area contributed by atoms with Crippen LogP contribution in [0.3, 0.4) is 0 Å². The number of hydrogen-bond acceptors (Lipinski definition) is 2. The summed E-state index contributed by atoms with van der Waals surface area (Å²) in [5.74, 6) is -0.236. The highest BCUT2D eigenvalue weighted by molar-refractivity contribution is 6.02. The maximum absolute atomic E-state index is 12.9. The van der Waals surface area contributed by atoms with Crippen molar-refractivity contribution in [1.29, 1.82) is 0 Å². The summed E-state index contributed by atoms with van der Waals surface area (Å²) in [6, 6.07) is 16.1. The van der Waals surface area contributed by atoms with Gasteiger partial charge in [0.2, 0.25) is 0 Å². The van der Waals surface area contributed by atoms with Gasteiger partial charge in [-0.15, -0.1) is 0 Å². The second-order valence-electron chi connectivity index (χ2n) is 5.17. The standard InChI is InChI=1S/C17H16FNO/c1-12(13-5-3-2-4-6-13)19-11-16(19)17(20)14-7-9-15(18)10-8-14/h2-10,12,16H,11H2,1H3/t12-,16+,19?/m1/s1. The zero-order valence-corrected chi connectivity index (χ0v) is 11.3. The number of benzene rings is 2. The first-order valence-electron chi connectivity index (χ1n) is 6.77. The second-order valence-corrected chi connectivity index (χ2v) is 5.17. The maximum Gasteiger partial charge on any atom is 0.181 e. The Balaban J connectivity index is 1.70. The third kappa shape index (κ3) is 2.49. The van der Waals surface area contributed by atoms with Gasteiger partial charge in [0.15, 0.2) is 5.78 Å². The van der Waals surface area contributed by atoms with Crippen LogP contribution < -0.4 is 0 Å². The predicted octanol–water partition coefficient (Wildman–Crippen LogP) is 3.45. The van der Waals surface area contributed by atoms with Crippen LogP contribution in [0.5, 0.6) is 0 Å². The molecular weight excluding hydrogens is 253 g/mol. The first-order chi connectivity index (χ1) is 9.66. The molecule has 102 valence electrons. The maximum atomic E-state index is 12.9. The van der Waals surface area contributed by atoms with Gasteiger partial charge in [-0.3, -0.25) is 9.69 Å². The summed E-state index contributed by atoms with van der Waals surface area (Å²) in [6.07, 6.45) is 0. The van der Waals surface area contributed by atoms with Crippen molar-refractivity contribution < 1.29 is 9.18 Å². The largest absolute Gasteiger partial charge is 0.292 e. The summed E-state index contributed by atoms with van der Waals surface area (Å²) in [6.45, 7) is 2.87. The molecule has 1 aliphatic heterocycles. The summed E-state index contributed by atoms with van der Waals surface area (Å²) in [5, 5.41) is 0. The van der Waals surface area contributed by atoms with Crippen molar-refractivity contribution in [2.75, 3.05) is 6.54 Å². The summed E-state index contributed by atoms with van der Waals surface area (Å²) >= 11 is 0. The van der Waals surface area contributed by atoms with E-state index in [2.05, 4.69) is 24.0 Å². The van der Waals surface area contributed by atoms with Crippen LogP contribution in [0.4, 0.5) is 4.39 Å². The minimum atomic E-state index is -0.313. The molecule has 0 aliphatic carbocycles. The molecule has 20 heavy (non-hydrogen) atoms. The van der Waals surface area contributed by atoms with E-state index in [0.29, 0.717) is 5.56 Å². The van der Waals surface area contributed by atoms with Gasteiger partial charge in [0.1, 0.15) is 5.82 Å². The van der Waals surface area contributed by atoms with Crippen molar-refractivity contribution in [3.8, 4) is 0 Å². The molecule has 3 rings (SSSR count). The summed E-state index contributed by atoms with van der Waals surface area (Å²) in [5.41, 5.74) is 1.79. The lowest BCUT2D eigenvalue weighted by atomic mass is 10.1. The lowest BCUT2D eigenvalue weighted by Crippen LogP contribution is -2.16. The minimum Gasteiger partial charge on any atom is -0.292 e. The zero-order chi connectivity index (χ0) is 14.1. The lowest BCUT2D eigenvalue weighted by molar-refractivity contribution is 0.0969. The number of carbonyl (C=O) groups is 1. The van der Waals surface area contributed by atoms with Gasteiger partial charge < -0.3 is 0 Å². The molecule has 1 saturated heterocycles. The highest BCUT2D eigenvalue weighted by atomic mass is 19.1. The number of Topliss-reactive ketones (excluding diaryl/α,β-unsaturated/α-hetero) is 1. The molecule has 2 aromatic rings. The molecule has 1 fully saturated rings. The highest BCUT2D eigenvalue weighted by Crippen LogP contribution is 2.33. The minimum absolute atomic E-state index is 0.0735. The first-order valence-corrected chi connectivity index (χ1v) is 6.77. The summed E-state index contributed by atoms with van der Waals surface area (Å²) in [4.78, 5) is 14.5. The van der Waals surface area contributed by atoms with Gasteiger partial charge in [0, 0.05) is 18.2 Å². The Morgan fingerprint density at radius 2 is 1.80 bits per heavy atom. The van der Waals surface area contributed by atoms with E-state index in [4.69, 9.17) is 0 Å². The van der Waals surface area contributed by atoms with E-state index < -0.39 is 0 Å². The van der Waals surface area contributed by atoms with E-state index in [1.54, 1.807) is 12.1 Å². The van der Waals surface area contributed by atoms with Crippen LogP contribution in [0.15, 0.2) is 54.6 Å². The summed E-state index contributed by atoms with van der Waals surface area (Å²) in [7, 11) is 0. The van der Waals surface area contributed by atoms with Crippen molar-refractivity contribution >= 4 is 5.78 Å². The van der Waals surface area contributed by atoms with Crippen LogP contribution >= 0.6 is 0 Å². The molecule has 3 heteroatoms. The second kappa shape index (κ2) is 5.17. The molecule has 2 nitrogen and oxygen atoms in total. The third-order valence-corrected chi connectivity index (χ3v) is 3.86. The molecular formula is C17H16FNO. The average Bonchev–Trinajstić information content (AvgIpc) is 3.28. The Morgan fingerprint density at radius 3 is 2.45 bits per heavy atom.